The fraction of sp³-hybridized carbons (Fsp3) is 0.583. The van der Waals surface area contributed by atoms with Gasteiger partial charge in [-0.1, -0.05) is 0 Å². The van der Waals surface area contributed by atoms with Crippen LogP contribution in [0.2, 0.25) is 0 Å². The first-order chi connectivity index (χ1) is 8.70. The quantitative estimate of drug-likeness (QED) is 0.839. The van der Waals surface area contributed by atoms with E-state index in [1.807, 2.05) is 6.92 Å². The molecule has 1 aromatic rings. The number of hydrogen-bond acceptors (Lipinski definition) is 5. The number of carbonyl (C=O) groups excluding carboxylic acids is 1. The molecule has 1 saturated heterocycles. The molecular weight excluding hydrogens is 232 g/mol. The van der Waals surface area contributed by atoms with Crippen molar-refractivity contribution in [3.63, 3.8) is 0 Å². The summed E-state index contributed by atoms with van der Waals surface area (Å²) in [4.78, 5) is 14.0. The molecule has 1 aromatic heterocycles. The van der Waals surface area contributed by atoms with Crippen LogP contribution in [0.5, 0.6) is 0 Å². The number of ether oxygens (including phenoxy) is 1. The van der Waals surface area contributed by atoms with Gasteiger partial charge in [-0.15, -0.1) is 10.2 Å². The van der Waals surface area contributed by atoms with Gasteiger partial charge in [0.2, 0.25) is 0 Å². The van der Waals surface area contributed by atoms with E-state index < -0.39 is 0 Å². The van der Waals surface area contributed by atoms with E-state index in [0.29, 0.717) is 31.2 Å². The molecule has 2 rings (SSSR count). The molecule has 0 radical (unpaired) electrons. The average molecular weight is 250 g/mol. The zero-order chi connectivity index (χ0) is 13.0. The van der Waals surface area contributed by atoms with E-state index in [9.17, 15) is 4.79 Å². The van der Waals surface area contributed by atoms with Gasteiger partial charge in [0.25, 0.3) is 5.91 Å². The molecule has 0 spiro atoms. The van der Waals surface area contributed by atoms with Crippen LogP contribution >= 0.6 is 0 Å². The summed E-state index contributed by atoms with van der Waals surface area (Å²) in [6.07, 6.45) is 0.930. The molecule has 1 unspecified atom stereocenters. The van der Waals surface area contributed by atoms with Crippen LogP contribution in [0.25, 0.3) is 0 Å². The fourth-order valence-corrected chi connectivity index (χ4v) is 1.92. The number of rotatable bonds is 2. The van der Waals surface area contributed by atoms with Crippen molar-refractivity contribution in [2.45, 2.75) is 19.4 Å². The minimum Gasteiger partial charge on any atom is -0.377 e. The molecule has 1 aliphatic heterocycles. The molecule has 6 heteroatoms. The molecule has 1 aliphatic rings. The van der Waals surface area contributed by atoms with E-state index >= 15 is 0 Å². The van der Waals surface area contributed by atoms with Crippen molar-refractivity contribution in [1.82, 2.24) is 15.1 Å². The summed E-state index contributed by atoms with van der Waals surface area (Å²) >= 11 is 0. The lowest BCUT2D eigenvalue weighted by atomic mass is 10.3. The van der Waals surface area contributed by atoms with Crippen LogP contribution < -0.4 is 5.32 Å². The standard InChI is InChI=1S/C12H18N4O2/c1-9-8-16(6-3-7-18-9)12(17)10-4-5-11(13-2)15-14-10/h4-5,9H,3,6-8H2,1-2H3,(H,13,15). The molecule has 6 nitrogen and oxygen atoms in total. The van der Waals surface area contributed by atoms with Gasteiger partial charge in [-0.05, 0) is 25.5 Å². The Morgan fingerprint density at radius 3 is 3.00 bits per heavy atom. The number of hydrogen-bond donors (Lipinski definition) is 1. The summed E-state index contributed by atoms with van der Waals surface area (Å²) in [5, 5.41) is 10.7. The molecule has 1 N–H and O–H groups in total. The summed E-state index contributed by atoms with van der Waals surface area (Å²) in [7, 11) is 1.76. The predicted octanol–water partition coefficient (Wildman–Crippen LogP) is 0.769. The van der Waals surface area contributed by atoms with Crippen LogP contribution in [0.1, 0.15) is 23.8 Å². The summed E-state index contributed by atoms with van der Waals surface area (Å²) in [5.41, 5.74) is 0.378. The van der Waals surface area contributed by atoms with Crippen LogP contribution in [0.15, 0.2) is 12.1 Å². The van der Waals surface area contributed by atoms with E-state index in [1.54, 1.807) is 24.1 Å². The monoisotopic (exact) mass is 250 g/mol. The highest BCUT2D eigenvalue weighted by molar-refractivity contribution is 5.92. The van der Waals surface area contributed by atoms with Gasteiger partial charge in [-0.25, -0.2) is 0 Å². The highest BCUT2D eigenvalue weighted by Gasteiger charge is 2.22. The molecule has 98 valence electrons. The number of nitrogens with zero attached hydrogens (tertiary/aromatic N) is 3. The van der Waals surface area contributed by atoms with E-state index in [0.717, 1.165) is 6.42 Å². The molecule has 0 aliphatic carbocycles. The minimum atomic E-state index is -0.0810. The second kappa shape index (κ2) is 5.77. The van der Waals surface area contributed by atoms with Gasteiger partial charge in [-0.2, -0.15) is 0 Å². The van der Waals surface area contributed by atoms with E-state index in [-0.39, 0.29) is 12.0 Å². The third-order valence-corrected chi connectivity index (χ3v) is 2.88. The van der Waals surface area contributed by atoms with Gasteiger partial charge in [-0.3, -0.25) is 4.79 Å². The molecule has 1 atom stereocenters. The van der Waals surface area contributed by atoms with Crippen LogP contribution in [0, 0.1) is 0 Å². The Labute approximate surface area is 106 Å². The second-order valence-electron chi connectivity index (χ2n) is 4.34. The Balaban J connectivity index is 2.08. The van der Waals surface area contributed by atoms with Crippen molar-refractivity contribution < 1.29 is 9.53 Å². The van der Waals surface area contributed by atoms with Crippen molar-refractivity contribution in [1.29, 1.82) is 0 Å². The smallest absolute Gasteiger partial charge is 0.274 e. The van der Waals surface area contributed by atoms with Crippen molar-refractivity contribution in [2.24, 2.45) is 0 Å². The third kappa shape index (κ3) is 2.95. The Kier molecular flexibility index (Phi) is 4.09. The van der Waals surface area contributed by atoms with Crippen molar-refractivity contribution in [3.05, 3.63) is 17.8 Å². The summed E-state index contributed by atoms with van der Waals surface area (Å²) < 4.78 is 5.52. The Morgan fingerprint density at radius 1 is 1.50 bits per heavy atom. The van der Waals surface area contributed by atoms with Crippen molar-refractivity contribution in [2.75, 3.05) is 32.1 Å². The number of carbonyl (C=O) groups is 1. The first-order valence-corrected chi connectivity index (χ1v) is 6.13. The van der Waals surface area contributed by atoms with E-state index in [4.69, 9.17) is 4.74 Å². The van der Waals surface area contributed by atoms with Gasteiger partial charge in [0, 0.05) is 26.7 Å². The van der Waals surface area contributed by atoms with Gasteiger partial charge in [0.05, 0.1) is 6.10 Å². The number of nitrogens with one attached hydrogen (secondary N) is 1. The van der Waals surface area contributed by atoms with Crippen LogP contribution in [-0.2, 0) is 4.74 Å². The first kappa shape index (κ1) is 12.8. The number of amides is 1. The lowest BCUT2D eigenvalue weighted by Crippen LogP contribution is -2.36. The molecule has 18 heavy (non-hydrogen) atoms. The molecule has 0 aromatic carbocycles. The third-order valence-electron chi connectivity index (χ3n) is 2.88. The normalized spacial score (nSPS) is 20.3. The van der Waals surface area contributed by atoms with E-state index in [1.165, 1.54) is 0 Å². The average Bonchev–Trinajstić information content (AvgIpc) is 2.63. The number of aromatic nitrogens is 2. The van der Waals surface area contributed by atoms with Crippen LogP contribution in [0.4, 0.5) is 5.82 Å². The lowest BCUT2D eigenvalue weighted by Gasteiger charge is -2.21. The van der Waals surface area contributed by atoms with Gasteiger partial charge in [0.1, 0.15) is 5.82 Å². The Hall–Kier alpha value is -1.69. The fourth-order valence-electron chi connectivity index (χ4n) is 1.92. The van der Waals surface area contributed by atoms with Gasteiger partial charge >= 0.3 is 0 Å². The highest BCUT2D eigenvalue weighted by Crippen LogP contribution is 2.10. The number of anilines is 1. The summed E-state index contributed by atoms with van der Waals surface area (Å²) in [5.74, 6) is 0.571. The molecule has 1 amide bonds. The maximum Gasteiger partial charge on any atom is 0.274 e. The predicted molar refractivity (Wildman–Crippen MR) is 67.5 cm³/mol. The largest absolute Gasteiger partial charge is 0.377 e. The SMILES string of the molecule is CNc1ccc(C(=O)N2CCCOC(C)C2)nn1. The maximum atomic E-state index is 12.2. The van der Waals surface area contributed by atoms with Crippen molar-refractivity contribution >= 4 is 11.7 Å². The molecule has 2 heterocycles. The molecule has 0 bridgehead atoms. The topological polar surface area (TPSA) is 67.4 Å². The Morgan fingerprint density at radius 2 is 2.33 bits per heavy atom. The molecule has 0 saturated carbocycles. The zero-order valence-corrected chi connectivity index (χ0v) is 10.7. The first-order valence-electron chi connectivity index (χ1n) is 6.13. The lowest BCUT2D eigenvalue weighted by molar-refractivity contribution is 0.0559. The van der Waals surface area contributed by atoms with Crippen LogP contribution in [-0.4, -0.2) is 53.9 Å². The van der Waals surface area contributed by atoms with Gasteiger partial charge in [0.15, 0.2) is 5.69 Å². The minimum absolute atomic E-state index is 0.0704. The highest BCUT2D eigenvalue weighted by atomic mass is 16.5. The summed E-state index contributed by atoms with van der Waals surface area (Å²) in [6.45, 7) is 3.99. The van der Waals surface area contributed by atoms with Gasteiger partial charge < -0.3 is 15.0 Å². The van der Waals surface area contributed by atoms with Crippen molar-refractivity contribution in [3.8, 4) is 0 Å². The maximum absolute atomic E-state index is 12.2. The van der Waals surface area contributed by atoms with E-state index in [2.05, 4.69) is 15.5 Å². The summed E-state index contributed by atoms with van der Waals surface area (Å²) in [6, 6.07) is 3.44. The molecular formula is C12H18N4O2. The zero-order valence-electron chi connectivity index (χ0n) is 10.7. The second-order valence-corrected chi connectivity index (χ2v) is 4.34. The Bertz CT molecular complexity index is 407. The molecule has 1 fully saturated rings. The van der Waals surface area contributed by atoms with Crippen LogP contribution in [0.3, 0.4) is 0 Å².